The van der Waals surface area contributed by atoms with Crippen molar-refractivity contribution in [2.75, 3.05) is 25.9 Å². The van der Waals surface area contributed by atoms with Crippen molar-refractivity contribution >= 4 is 34.2 Å². The molecule has 1 fully saturated rings. The second-order valence-electron chi connectivity index (χ2n) is 4.72. The summed E-state index contributed by atoms with van der Waals surface area (Å²) in [6, 6.07) is 7.11. The molecular weight excluding hydrogens is 316 g/mol. The third kappa shape index (κ3) is 4.63. The van der Waals surface area contributed by atoms with E-state index in [4.69, 9.17) is 0 Å². The highest BCUT2D eigenvalue weighted by atomic mass is 35.5. The van der Waals surface area contributed by atoms with Crippen LogP contribution in [0.3, 0.4) is 0 Å². The number of thioether (sulfide) groups is 1. The summed E-state index contributed by atoms with van der Waals surface area (Å²) in [4.78, 5) is 1.17. The summed E-state index contributed by atoms with van der Waals surface area (Å²) in [7, 11) is -3.40. The van der Waals surface area contributed by atoms with Crippen LogP contribution in [0.15, 0.2) is 34.1 Å². The Bertz CT molecular complexity index is 517. The average molecular weight is 337 g/mol. The molecule has 4 nitrogen and oxygen atoms in total. The van der Waals surface area contributed by atoms with Gasteiger partial charge in [0.15, 0.2) is 0 Å². The zero-order valence-corrected chi connectivity index (χ0v) is 13.9. The van der Waals surface area contributed by atoms with E-state index in [2.05, 4.69) is 10.0 Å². The van der Waals surface area contributed by atoms with Crippen molar-refractivity contribution in [3.8, 4) is 0 Å². The molecule has 2 rings (SSSR count). The molecule has 7 heteroatoms. The van der Waals surface area contributed by atoms with Gasteiger partial charge < -0.3 is 5.32 Å². The maximum Gasteiger partial charge on any atom is 0.241 e. The maximum absolute atomic E-state index is 12.3. The van der Waals surface area contributed by atoms with E-state index in [1.165, 1.54) is 11.8 Å². The average Bonchev–Trinajstić information content (AvgIpc) is 2.46. The second kappa shape index (κ2) is 8.24. The smallest absolute Gasteiger partial charge is 0.241 e. The topological polar surface area (TPSA) is 58.2 Å². The first-order valence-electron chi connectivity index (χ1n) is 6.47. The summed E-state index contributed by atoms with van der Waals surface area (Å²) in [6.45, 7) is 2.45. The summed E-state index contributed by atoms with van der Waals surface area (Å²) >= 11 is 1.45. The minimum atomic E-state index is -3.40. The van der Waals surface area contributed by atoms with E-state index >= 15 is 0 Å². The highest BCUT2D eigenvalue weighted by molar-refractivity contribution is 7.99. The van der Waals surface area contributed by atoms with Crippen LogP contribution in [0, 0.1) is 5.92 Å². The molecule has 1 unspecified atom stereocenters. The van der Waals surface area contributed by atoms with Gasteiger partial charge in [0.1, 0.15) is 0 Å². The Balaban J connectivity index is 0.00000200. The van der Waals surface area contributed by atoms with Crippen molar-refractivity contribution in [1.29, 1.82) is 0 Å². The summed E-state index contributed by atoms with van der Waals surface area (Å²) < 4.78 is 27.4. The van der Waals surface area contributed by atoms with Crippen molar-refractivity contribution in [2.45, 2.75) is 22.6 Å². The Morgan fingerprint density at radius 2 is 2.15 bits per heavy atom. The van der Waals surface area contributed by atoms with Crippen molar-refractivity contribution in [3.05, 3.63) is 24.3 Å². The SMILES string of the molecule is CSc1ccccc1S(=O)(=O)NCC1CCCNC1.Cl. The maximum atomic E-state index is 12.3. The van der Waals surface area contributed by atoms with Gasteiger partial charge in [0.25, 0.3) is 0 Å². The summed E-state index contributed by atoms with van der Waals surface area (Å²) in [6.07, 6.45) is 4.09. The Kier molecular flexibility index (Phi) is 7.33. The number of sulfonamides is 1. The largest absolute Gasteiger partial charge is 0.316 e. The van der Waals surface area contributed by atoms with E-state index < -0.39 is 10.0 Å². The van der Waals surface area contributed by atoms with Crippen molar-refractivity contribution in [2.24, 2.45) is 5.92 Å². The fourth-order valence-electron chi connectivity index (χ4n) is 2.24. The number of benzene rings is 1. The molecule has 1 aliphatic rings. The molecular formula is C13H21ClN2O2S2. The van der Waals surface area contributed by atoms with Gasteiger partial charge in [-0.15, -0.1) is 24.2 Å². The van der Waals surface area contributed by atoms with Gasteiger partial charge in [-0.1, -0.05) is 12.1 Å². The predicted molar refractivity (Wildman–Crippen MR) is 86.3 cm³/mol. The third-order valence-electron chi connectivity index (χ3n) is 3.32. The predicted octanol–water partition coefficient (Wildman–Crippen LogP) is 2.11. The number of rotatable bonds is 5. The first-order chi connectivity index (χ1) is 9.13. The van der Waals surface area contributed by atoms with Crippen LogP contribution in [0.2, 0.25) is 0 Å². The molecule has 1 heterocycles. The van der Waals surface area contributed by atoms with Crippen LogP contribution in [-0.2, 0) is 10.0 Å². The Morgan fingerprint density at radius 3 is 2.80 bits per heavy atom. The molecule has 0 radical (unpaired) electrons. The number of halogens is 1. The first kappa shape index (κ1) is 17.8. The number of piperidine rings is 1. The number of hydrogen-bond donors (Lipinski definition) is 2. The zero-order valence-electron chi connectivity index (χ0n) is 11.5. The quantitative estimate of drug-likeness (QED) is 0.809. The molecule has 1 saturated heterocycles. The highest BCUT2D eigenvalue weighted by Gasteiger charge is 2.20. The van der Waals surface area contributed by atoms with E-state index in [9.17, 15) is 8.42 Å². The molecule has 0 aromatic heterocycles. The molecule has 114 valence electrons. The van der Waals surface area contributed by atoms with Gasteiger partial charge in [-0.25, -0.2) is 13.1 Å². The van der Waals surface area contributed by atoms with Crippen LogP contribution in [-0.4, -0.2) is 34.3 Å². The van der Waals surface area contributed by atoms with Gasteiger partial charge >= 0.3 is 0 Å². The van der Waals surface area contributed by atoms with Gasteiger partial charge in [0.2, 0.25) is 10.0 Å². The molecule has 0 saturated carbocycles. The molecule has 1 atom stereocenters. The molecule has 1 aliphatic heterocycles. The van der Waals surface area contributed by atoms with E-state index in [1.807, 2.05) is 18.4 Å². The van der Waals surface area contributed by atoms with E-state index in [-0.39, 0.29) is 12.4 Å². The lowest BCUT2D eigenvalue weighted by atomic mass is 10.0. The molecule has 1 aromatic carbocycles. The summed E-state index contributed by atoms with van der Waals surface area (Å²) in [5.74, 6) is 0.393. The number of nitrogens with one attached hydrogen (secondary N) is 2. The monoisotopic (exact) mass is 336 g/mol. The molecule has 0 aliphatic carbocycles. The van der Waals surface area contributed by atoms with Crippen LogP contribution in [0.4, 0.5) is 0 Å². The molecule has 0 bridgehead atoms. The van der Waals surface area contributed by atoms with Gasteiger partial charge in [-0.2, -0.15) is 0 Å². The normalized spacial score (nSPS) is 19.4. The first-order valence-corrected chi connectivity index (χ1v) is 9.17. The molecule has 2 N–H and O–H groups in total. The molecule has 0 amide bonds. The Morgan fingerprint density at radius 1 is 1.40 bits per heavy atom. The van der Waals surface area contributed by atoms with Gasteiger partial charge in [0.05, 0.1) is 4.90 Å². The van der Waals surface area contributed by atoms with Gasteiger partial charge in [-0.05, 0) is 50.2 Å². The van der Waals surface area contributed by atoms with E-state index in [1.54, 1.807) is 12.1 Å². The van der Waals surface area contributed by atoms with Crippen LogP contribution in [0.1, 0.15) is 12.8 Å². The van der Waals surface area contributed by atoms with Gasteiger partial charge in [0, 0.05) is 11.4 Å². The van der Waals surface area contributed by atoms with E-state index in [0.29, 0.717) is 17.4 Å². The lowest BCUT2D eigenvalue weighted by molar-refractivity contribution is 0.375. The zero-order chi connectivity index (χ0) is 13.7. The summed E-state index contributed by atoms with van der Waals surface area (Å²) in [5, 5.41) is 3.29. The second-order valence-corrected chi connectivity index (χ2v) is 7.30. The summed E-state index contributed by atoms with van der Waals surface area (Å²) in [5.41, 5.74) is 0. The van der Waals surface area contributed by atoms with Crippen LogP contribution >= 0.6 is 24.2 Å². The Hall–Kier alpha value is -0.270. The number of hydrogen-bond acceptors (Lipinski definition) is 4. The fraction of sp³-hybridized carbons (Fsp3) is 0.538. The minimum absolute atomic E-state index is 0. The third-order valence-corrected chi connectivity index (χ3v) is 5.73. The van der Waals surface area contributed by atoms with E-state index in [0.717, 1.165) is 30.8 Å². The van der Waals surface area contributed by atoms with Crippen molar-refractivity contribution in [1.82, 2.24) is 10.0 Å². The lowest BCUT2D eigenvalue weighted by Crippen LogP contribution is -2.38. The highest BCUT2D eigenvalue weighted by Crippen LogP contribution is 2.24. The lowest BCUT2D eigenvalue weighted by Gasteiger charge is -2.23. The van der Waals surface area contributed by atoms with Crippen molar-refractivity contribution in [3.63, 3.8) is 0 Å². The molecule has 20 heavy (non-hydrogen) atoms. The fourth-order valence-corrected chi connectivity index (χ4v) is 4.51. The minimum Gasteiger partial charge on any atom is -0.316 e. The van der Waals surface area contributed by atoms with Crippen molar-refractivity contribution < 1.29 is 8.42 Å². The standard InChI is InChI=1S/C13H20N2O2S2.ClH/c1-18-12-6-2-3-7-13(12)19(16,17)15-10-11-5-4-8-14-9-11;/h2-3,6-7,11,14-15H,4-5,8-10H2,1H3;1H. The Labute approximate surface area is 131 Å². The molecule has 0 spiro atoms. The van der Waals surface area contributed by atoms with Crippen LogP contribution < -0.4 is 10.0 Å². The van der Waals surface area contributed by atoms with Crippen LogP contribution in [0.25, 0.3) is 0 Å². The van der Waals surface area contributed by atoms with Gasteiger partial charge in [-0.3, -0.25) is 0 Å². The molecule has 1 aromatic rings. The van der Waals surface area contributed by atoms with Crippen LogP contribution in [0.5, 0.6) is 0 Å².